The van der Waals surface area contributed by atoms with Crippen molar-refractivity contribution in [1.29, 1.82) is 0 Å². The van der Waals surface area contributed by atoms with Gasteiger partial charge in [-0.25, -0.2) is 4.98 Å². The van der Waals surface area contributed by atoms with Gasteiger partial charge in [0.05, 0.1) is 16.3 Å². The maximum atomic E-state index is 13.4. The van der Waals surface area contributed by atoms with E-state index >= 15 is 0 Å². The van der Waals surface area contributed by atoms with Crippen LogP contribution in [-0.2, 0) is 17.4 Å². The Morgan fingerprint density at radius 2 is 1.85 bits per heavy atom. The van der Waals surface area contributed by atoms with Gasteiger partial charge in [-0.3, -0.25) is 4.79 Å². The summed E-state index contributed by atoms with van der Waals surface area (Å²) in [5.41, 5.74) is 1.88. The van der Waals surface area contributed by atoms with Crippen molar-refractivity contribution in [2.45, 2.75) is 24.9 Å². The number of carbonyl (C=O) groups is 1. The van der Waals surface area contributed by atoms with Crippen LogP contribution in [0.5, 0.6) is 0 Å². The molecule has 1 unspecified atom stereocenters. The highest BCUT2D eigenvalue weighted by molar-refractivity contribution is 6.30. The van der Waals surface area contributed by atoms with Crippen LogP contribution in [0.15, 0.2) is 79.1 Å². The number of aromatic nitrogens is 2. The Bertz CT molecular complexity index is 1250. The molecule has 0 fully saturated rings. The van der Waals surface area contributed by atoms with E-state index in [-0.39, 0.29) is 12.3 Å². The summed E-state index contributed by atoms with van der Waals surface area (Å²) in [6, 6.07) is 18.2. The summed E-state index contributed by atoms with van der Waals surface area (Å²) < 4.78 is 41.8. The van der Waals surface area contributed by atoms with E-state index in [4.69, 9.17) is 11.6 Å². The predicted octanol–water partition coefficient (Wildman–Crippen LogP) is 5.89. The molecule has 1 amide bonds. The third-order valence-electron chi connectivity index (χ3n) is 5.44. The van der Waals surface area contributed by atoms with Crippen LogP contribution in [0.25, 0.3) is 5.65 Å². The molecule has 2 aromatic heterocycles. The molecule has 8 heteroatoms. The molecule has 1 N–H and O–H groups in total. The monoisotopic (exact) mass is 471 g/mol. The Hall–Kier alpha value is -3.32. The highest BCUT2D eigenvalue weighted by atomic mass is 35.5. The van der Waals surface area contributed by atoms with Crippen molar-refractivity contribution in [3.8, 4) is 0 Å². The number of nitrogens with one attached hydrogen (secondary N) is 1. The van der Waals surface area contributed by atoms with Gasteiger partial charge in [-0.05, 0) is 35.7 Å². The summed E-state index contributed by atoms with van der Waals surface area (Å²) in [6.07, 6.45) is -0.634. The van der Waals surface area contributed by atoms with Gasteiger partial charge in [-0.15, -0.1) is 0 Å². The summed E-state index contributed by atoms with van der Waals surface area (Å²) in [6.45, 7) is 0.428. The smallest absolute Gasteiger partial charge is 0.356 e. The van der Waals surface area contributed by atoms with Crippen molar-refractivity contribution < 1.29 is 18.0 Å². The highest BCUT2D eigenvalue weighted by Gasteiger charge is 2.32. The average Bonchev–Trinajstić information content (AvgIpc) is 3.20. The van der Waals surface area contributed by atoms with Crippen LogP contribution in [0.1, 0.15) is 34.7 Å². The molecule has 1 atom stereocenters. The number of rotatable bonds is 7. The zero-order chi connectivity index (χ0) is 23.4. The second-order valence-corrected chi connectivity index (χ2v) is 8.16. The molecule has 4 rings (SSSR count). The lowest BCUT2D eigenvalue weighted by Gasteiger charge is -2.19. The first kappa shape index (κ1) is 22.9. The Kier molecular flexibility index (Phi) is 6.70. The fraction of sp³-hybridized carbons (Fsp3) is 0.200. The zero-order valence-electron chi connectivity index (χ0n) is 17.5. The second kappa shape index (κ2) is 9.67. The van der Waals surface area contributed by atoms with Crippen LogP contribution in [0.2, 0.25) is 5.02 Å². The molecule has 2 heterocycles. The number of benzene rings is 2. The van der Waals surface area contributed by atoms with Crippen molar-refractivity contribution in [3.05, 3.63) is 107 Å². The van der Waals surface area contributed by atoms with Crippen LogP contribution in [0.3, 0.4) is 0 Å². The molecule has 0 aliphatic carbocycles. The van der Waals surface area contributed by atoms with Gasteiger partial charge >= 0.3 is 6.18 Å². The number of hydrogen-bond donors (Lipinski definition) is 1. The molecule has 0 bridgehead atoms. The Morgan fingerprint density at radius 3 is 2.61 bits per heavy atom. The standard InChI is InChI=1S/C25H21ClF3N3O/c26-20-9-10-23-31-15-22(32(23)16-20)21(18-7-4-8-19(13-18)25(27,28)29)14-24(33)30-12-11-17-5-2-1-3-6-17/h1-10,13,15-16,21H,11-12,14H2,(H,30,33). The lowest BCUT2D eigenvalue weighted by molar-refractivity contribution is -0.137. The highest BCUT2D eigenvalue weighted by Crippen LogP contribution is 2.34. The van der Waals surface area contributed by atoms with E-state index < -0.39 is 17.7 Å². The fourth-order valence-corrected chi connectivity index (χ4v) is 3.97. The van der Waals surface area contributed by atoms with Gasteiger partial charge in [-0.2, -0.15) is 13.2 Å². The normalized spacial score (nSPS) is 12.6. The minimum atomic E-state index is -4.48. The van der Waals surface area contributed by atoms with Crippen molar-refractivity contribution in [3.63, 3.8) is 0 Å². The van der Waals surface area contributed by atoms with Crippen LogP contribution in [0.4, 0.5) is 13.2 Å². The number of hydrogen-bond acceptors (Lipinski definition) is 2. The zero-order valence-corrected chi connectivity index (χ0v) is 18.3. The van der Waals surface area contributed by atoms with E-state index in [1.54, 1.807) is 35.0 Å². The maximum Gasteiger partial charge on any atom is 0.416 e. The number of amides is 1. The van der Waals surface area contributed by atoms with Crippen molar-refractivity contribution in [2.75, 3.05) is 6.54 Å². The molecule has 4 nitrogen and oxygen atoms in total. The first-order valence-corrected chi connectivity index (χ1v) is 10.8. The predicted molar refractivity (Wildman–Crippen MR) is 121 cm³/mol. The molecule has 0 aliphatic heterocycles. The first-order valence-electron chi connectivity index (χ1n) is 10.4. The summed E-state index contributed by atoms with van der Waals surface area (Å²) in [5.74, 6) is -0.900. The molecule has 0 radical (unpaired) electrons. The molecule has 0 saturated heterocycles. The van der Waals surface area contributed by atoms with E-state index in [0.29, 0.717) is 34.9 Å². The van der Waals surface area contributed by atoms with Crippen LogP contribution in [0, 0.1) is 0 Å². The maximum absolute atomic E-state index is 13.4. The van der Waals surface area contributed by atoms with E-state index in [0.717, 1.165) is 17.7 Å². The van der Waals surface area contributed by atoms with Crippen LogP contribution < -0.4 is 5.32 Å². The molecule has 170 valence electrons. The van der Waals surface area contributed by atoms with Crippen LogP contribution >= 0.6 is 11.6 Å². The topological polar surface area (TPSA) is 46.4 Å². The summed E-state index contributed by atoms with van der Waals surface area (Å²) in [5, 5.41) is 3.34. The first-order chi connectivity index (χ1) is 15.8. The van der Waals surface area contributed by atoms with Crippen molar-refractivity contribution >= 4 is 23.2 Å². The number of pyridine rings is 1. The summed E-state index contributed by atoms with van der Waals surface area (Å²) in [4.78, 5) is 17.1. The Labute approximate surface area is 194 Å². The molecular formula is C25H21ClF3N3O. The Morgan fingerprint density at radius 1 is 1.06 bits per heavy atom. The van der Waals surface area contributed by atoms with E-state index in [9.17, 15) is 18.0 Å². The van der Waals surface area contributed by atoms with Gasteiger partial charge in [0, 0.05) is 31.3 Å². The lowest BCUT2D eigenvalue weighted by atomic mass is 9.91. The van der Waals surface area contributed by atoms with Crippen molar-refractivity contribution in [2.24, 2.45) is 0 Å². The molecule has 33 heavy (non-hydrogen) atoms. The molecule has 0 saturated carbocycles. The minimum Gasteiger partial charge on any atom is -0.356 e. The second-order valence-electron chi connectivity index (χ2n) is 7.72. The largest absolute Gasteiger partial charge is 0.416 e. The van der Waals surface area contributed by atoms with Gasteiger partial charge in [0.2, 0.25) is 5.91 Å². The third kappa shape index (κ3) is 5.54. The van der Waals surface area contributed by atoms with Gasteiger partial charge in [-0.1, -0.05) is 60.1 Å². The number of fused-ring (bicyclic) bond motifs is 1. The molecule has 0 aliphatic rings. The van der Waals surface area contributed by atoms with Crippen molar-refractivity contribution in [1.82, 2.24) is 14.7 Å². The van der Waals surface area contributed by atoms with E-state index in [2.05, 4.69) is 10.3 Å². The van der Waals surface area contributed by atoms with E-state index in [1.807, 2.05) is 30.3 Å². The number of halogens is 4. The minimum absolute atomic E-state index is 0.0313. The number of carbonyl (C=O) groups excluding carboxylic acids is 1. The number of alkyl halides is 3. The summed E-state index contributed by atoms with van der Waals surface area (Å²) >= 11 is 6.14. The van der Waals surface area contributed by atoms with E-state index in [1.165, 1.54) is 6.07 Å². The van der Waals surface area contributed by atoms with Gasteiger partial charge in [0.15, 0.2) is 0 Å². The third-order valence-corrected chi connectivity index (χ3v) is 5.66. The van der Waals surface area contributed by atoms with Gasteiger partial charge < -0.3 is 9.72 Å². The van der Waals surface area contributed by atoms with Crippen LogP contribution in [-0.4, -0.2) is 21.8 Å². The lowest BCUT2D eigenvalue weighted by Crippen LogP contribution is -2.27. The molecular weight excluding hydrogens is 451 g/mol. The quantitative estimate of drug-likeness (QED) is 0.365. The Balaban J connectivity index is 1.61. The number of nitrogens with zero attached hydrogens (tertiary/aromatic N) is 2. The fourth-order valence-electron chi connectivity index (χ4n) is 3.80. The SMILES string of the molecule is O=C(CC(c1cccc(C(F)(F)F)c1)c1cnc2ccc(Cl)cn12)NCCc1ccccc1. The van der Waals surface area contributed by atoms with Gasteiger partial charge in [0.25, 0.3) is 0 Å². The summed E-state index contributed by atoms with van der Waals surface area (Å²) in [7, 11) is 0. The molecule has 0 spiro atoms. The van der Waals surface area contributed by atoms with Gasteiger partial charge in [0.1, 0.15) is 5.65 Å². The number of imidazole rings is 1. The average molecular weight is 472 g/mol. The molecule has 4 aromatic rings. The molecule has 2 aromatic carbocycles.